The van der Waals surface area contributed by atoms with E-state index in [1.807, 2.05) is 17.0 Å². The number of ether oxygens (including phenoxy) is 2. The number of aromatic nitrogens is 1. The van der Waals surface area contributed by atoms with Gasteiger partial charge >= 0.3 is 5.97 Å². The zero-order chi connectivity index (χ0) is 20.0. The number of fused-ring (bicyclic) bond motifs is 1. The van der Waals surface area contributed by atoms with Crippen molar-refractivity contribution in [3.05, 3.63) is 51.9 Å². The molecule has 0 unspecified atom stereocenters. The first-order valence-corrected chi connectivity index (χ1v) is 10.0. The molecule has 0 amide bonds. The Morgan fingerprint density at radius 3 is 2.72 bits per heavy atom. The molecular weight excluding hydrogens is 375 g/mol. The molecule has 3 aliphatic rings. The molecule has 29 heavy (non-hydrogen) atoms. The summed E-state index contributed by atoms with van der Waals surface area (Å²) >= 11 is 0. The number of nitrogens with one attached hydrogen (secondary N) is 1. The van der Waals surface area contributed by atoms with Crippen molar-refractivity contribution in [2.24, 2.45) is 0 Å². The maximum absolute atomic E-state index is 13.7. The number of hydrogen-bond donors (Lipinski definition) is 2. The molecule has 0 bridgehead atoms. The van der Waals surface area contributed by atoms with Crippen molar-refractivity contribution in [1.82, 2.24) is 9.88 Å². The number of rotatable bonds is 3. The SMILES string of the molecule is O=C(O)c1cc(F)ccc1-n1cc(C2CCC3(CC2)OCCO3)c2c1=CNCC=2. The predicted molar refractivity (Wildman–Crippen MR) is 105 cm³/mol. The molecule has 1 aromatic carbocycles. The van der Waals surface area contributed by atoms with E-state index in [0.29, 0.717) is 24.8 Å². The molecule has 0 atom stereocenters. The molecule has 7 heteroatoms. The van der Waals surface area contributed by atoms with Crippen LogP contribution in [0, 0.1) is 5.82 Å². The van der Waals surface area contributed by atoms with Gasteiger partial charge < -0.3 is 24.5 Å². The lowest BCUT2D eigenvalue weighted by atomic mass is 9.81. The van der Waals surface area contributed by atoms with Crippen molar-refractivity contribution in [2.45, 2.75) is 37.4 Å². The van der Waals surface area contributed by atoms with Gasteiger partial charge in [-0.1, -0.05) is 6.08 Å². The Hall–Kier alpha value is -2.64. The summed E-state index contributed by atoms with van der Waals surface area (Å²) in [5, 5.41) is 14.8. The highest BCUT2D eigenvalue weighted by Gasteiger charge is 2.41. The second kappa shape index (κ2) is 7.00. The summed E-state index contributed by atoms with van der Waals surface area (Å²) in [6, 6.07) is 3.90. The summed E-state index contributed by atoms with van der Waals surface area (Å²) in [7, 11) is 0. The monoisotopic (exact) mass is 398 g/mol. The Balaban J connectivity index is 1.57. The molecule has 3 heterocycles. The molecule has 1 aliphatic carbocycles. The van der Waals surface area contributed by atoms with Gasteiger partial charge in [-0.3, -0.25) is 0 Å². The summed E-state index contributed by atoms with van der Waals surface area (Å²) in [6.45, 7) is 2.04. The Labute approximate surface area is 167 Å². The van der Waals surface area contributed by atoms with E-state index in [0.717, 1.165) is 48.9 Å². The first-order valence-electron chi connectivity index (χ1n) is 10.0. The van der Waals surface area contributed by atoms with Crippen LogP contribution in [-0.4, -0.2) is 41.2 Å². The van der Waals surface area contributed by atoms with E-state index >= 15 is 0 Å². The number of nitrogens with zero attached hydrogens (tertiary/aromatic N) is 1. The summed E-state index contributed by atoms with van der Waals surface area (Å²) < 4.78 is 27.3. The van der Waals surface area contributed by atoms with Crippen LogP contribution in [0.25, 0.3) is 18.0 Å². The van der Waals surface area contributed by atoms with Crippen molar-refractivity contribution < 1.29 is 23.8 Å². The third-order valence-corrected chi connectivity index (χ3v) is 6.23. The van der Waals surface area contributed by atoms with Crippen LogP contribution in [-0.2, 0) is 9.47 Å². The van der Waals surface area contributed by atoms with E-state index < -0.39 is 17.6 Å². The zero-order valence-corrected chi connectivity index (χ0v) is 16.0. The molecule has 1 saturated heterocycles. The van der Waals surface area contributed by atoms with E-state index in [9.17, 15) is 14.3 Å². The van der Waals surface area contributed by atoms with Gasteiger partial charge in [-0.05, 0) is 42.5 Å². The lowest BCUT2D eigenvalue weighted by Crippen LogP contribution is -2.39. The first kappa shape index (κ1) is 18.4. The van der Waals surface area contributed by atoms with Crippen LogP contribution < -0.4 is 15.9 Å². The molecule has 1 saturated carbocycles. The molecule has 2 fully saturated rings. The van der Waals surface area contributed by atoms with Gasteiger partial charge in [0.25, 0.3) is 0 Å². The lowest BCUT2D eigenvalue weighted by Gasteiger charge is -2.35. The van der Waals surface area contributed by atoms with Gasteiger partial charge in [-0.25, -0.2) is 9.18 Å². The third-order valence-electron chi connectivity index (χ3n) is 6.23. The molecule has 152 valence electrons. The van der Waals surface area contributed by atoms with Gasteiger partial charge in [-0.2, -0.15) is 0 Å². The number of benzene rings is 1. The number of carboxylic acids is 1. The number of aromatic carboxylic acids is 1. The highest BCUT2D eigenvalue weighted by molar-refractivity contribution is 5.92. The summed E-state index contributed by atoms with van der Waals surface area (Å²) in [5.74, 6) is -1.77. The van der Waals surface area contributed by atoms with Crippen LogP contribution in [0.1, 0.15) is 47.5 Å². The quantitative estimate of drug-likeness (QED) is 0.826. The van der Waals surface area contributed by atoms with Gasteiger partial charge in [0.2, 0.25) is 0 Å². The van der Waals surface area contributed by atoms with Crippen LogP contribution >= 0.6 is 0 Å². The molecular formula is C22H23FN2O4. The van der Waals surface area contributed by atoms with Crippen LogP contribution in [0.5, 0.6) is 0 Å². The molecule has 2 N–H and O–H groups in total. The summed E-state index contributed by atoms with van der Waals surface area (Å²) in [5.41, 5.74) is 1.61. The van der Waals surface area contributed by atoms with Gasteiger partial charge in [0.05, 0.1) is 29.8 Å². The van der Waals surface area contributed by atoms with Gasteiger partial charge in [0, 0.05) is 37.0 Å². The fraction of sp³-hybridized carbons (Fsp3) is 0.409. The lowest BCUT2D eigenvalue weighted by molar-refractivity contribution is -0.178. The number of carbonyl (C=O) groups is 1. The molecule has 2 aromatic rings. The van der Waals surface area contributed by atoms with E-state index in [4.69, 9.17) is 9.47 Å². The zero-order valence-electron chi connectivity index (χ0n) is 16.0. The van der Waals surface area contributed by atoms with E-state index in [-0.39, 0.29) is 5.56 Å². The van der Waals surface area contributed by atoms with Crippen molar-refractivity contribution >= 4 is 18.2 Å². The number of carboxylic acid groups (broad SMARTS) is 1. The minimum absolute atomic E-state index is 0.0522. The fourth-order valence-electron chi connectivity index (χ4n) is 4.81. The predicted octanol–water partition coefficient (Wildman–Crippen LogP) is 1.84. The van der Waals surface area contributed by atoms with Crippen molar-refractivity contribution in [3.63, 3.8) is 0 Å². The van der Waals surface area contributed by atoms with E-state index in [2.05, 4.69) is 11.4 Å². The highest BCUT2D eigenvalue weighted by atomic mass is 19.1. The Kier molecular flexibility index (Phi) is 4.44. The largest absolute Gasteiger partial charge is 0.478 e. The molecule has 5 rings (SSSR count). The average Bonchev–Trinajstić information content (AvgIpc) is 3.34. The summed E-state index contributed by atoms with van der Waals surface area (Å²) in [6.07, 6.45) is 9.68. The second-order valence-corrected chi connectivity index (χ2v) is 7.86. The minimum atomic E-state index is -1.15. The van der Waals surface area contributed by atoms with E-state index in [1.54, 1.807) is 0 Å². The van der Waals surface area contributed by atoms with Crippen LogP contribution in [0.15, 0.2) is 24.4 Å². The first-order chi connectivity index (χ1) is 14.1. The summed E-state index contributed by atoms with van der Waals surface area (Å²) in [4.78, 5) is 11.7. The Bertz CT molecular complexity index is 1070. The van der Waals surface area contributed by atoms with Gasteiger partial charge in [0.1, 0.15) is 5.82 Å². The van der Waals surface area contributed by atoms with Crippen LogP contribution in [0.4, 0.5) is 4.39 Å². The second-order valence-electron chi connectivity index (χ2n) is 7.86. The third kappa shape index (κ3) is 3.14. The maximum Gasteiger partial charge on any atom is 0.337 e. The molecule has 1 spiro atoms. The molecule has 2 aliphatic heterocycles. The fourth-order valence-corrected chi connectivity index (χ4v) is 4.81. The number of halogens is 1. The molecule has 0 radical (unpaired) electrons. The smallest absolute Gasteiger partial charge is 0.337 e. The minimum Gasteiger partial charge on any atom is -0.478 e. The topological polar surface area (TPSA) is 72.7 Å². The maximum atomic E-state index is 13.7. The van der Waals surface area contributed by atoms with Gasteiger partial charge in [-0.15, -0.1) is 0 Å². The number of hydrogen-bond acceptors (Lipinski definition) is 4. The van der Waals surface area contributed by atoms with Crippen molar-refractivity contribution in [2.75, 3.05) is 19.8 Å². The van der Waals surface area contributed by atoms with E-state index in [1.165, 1.54) is 17.7 Å². The molecule has 6 nitrogen and oxygen atoms in total. The average molecular weight is 398 g/mol. The highest BCUT2D eigenvalue weighted by Crippen LogP contribution is 2.41. The Morgan fingerprint density at radius 1 is 1.24 bits per heavy atom. The van der Waals surface area contributed by atoms with Crippen molar-refractivity contribution in [1.29, 1.82) is 0 Å². The molecule has 1 aromatic heterocycles. The van der Waals surface area contributed by atoms with Crippen molar-refractivity contribution in [3.8, 4) is 5.69 Å². The standard InChI is InChI=1S/C22H23FN2O4/c23-15-1-2-19(17(11-15)21(26)27)25-13-18(16-5-8-24-12-20(16)25)14-3-6-22(7-4-14)28-9-10-29-22/h1-2,5,11-14,24H,3-4,6-10H2,(H,26,27). The normalized spacial score (nSPS) is 20.6. The Morgan fingerprint density at radius 2 is 2.00 bits per heavy atom. The van der Waals surface area contributed by atoms with Gasteiger partial charge in [0.15, 0.2) is 5.79 Å². The van der Waals surface area contributed by atoms with Crippen LogP contribution in [0.2, 0.25) is 0 Å². The van der Waals surface area contributed by atoms with Crippen LogP contribution in [0.3, 0.4) is 0 Å².